The second-order valence-electron chi connectivity index (χ2n) is 8.99. The van der Waals surface area contributed by atoms with Gasteiger partial charge in [0.1, 0.15) is 25.9 Å². The maximum Gasteiger partial charge on any atom is 1.00 e. The van der Waals surface area contributed by atoms with Crippen molar-refractivity contribution in [3.8, 4) is 0 Å². The van der Waals surface area contributed by atoms with Crippen LogP contribution in [0.4, 0.5) is 17.1 Å². The normalized spacial score (nSPS) is 13.1. The Balaban J connectivity index is 0.00000231. The number of nitrogens with zero attached hydrogens (tertiary/aromatic N) is 1. The van der Waals surface area contributed by atoms with E-state index < -0.39 is 47.5 Å². The number of aromatic nitrogens is 1. The van der Waals surface area contributed by atoms with Crippen LogP contribution in [0.5, 0.6) is 0 Å². The van der Waals surface area contributed by atoms with Crippen LogP contribution >= 0.6 is 0 Å². The summed E-state index contributed by atoms with van der Waals surface area (Å²) in [6.07, 6.45) is 3.13. The molecule has 1 aliphatic carbocycles. The van der Waals surface area contributed by atoms with Gasteiger partial charge in [0.2, 0.25) is 0 Å². The second kappa shape index (κ2) is 12.6. The van der Waals surface area contributed by atoms with Crippen molar-refractivity contribution < 1.29 is 94.6 Å². The Hall–Kier alpha value is -2.24. The van der Waals surface area contributed by atoms with E-state index in [-0.39, 0.29) is 81.6 Å². The molecule has 4 aromatic rings. The van der Waals surface area contributed by atoms with Crippen molar-refractivity contribution in [3.05, 3.63) is 78.1 Å². The molecule has 2 amide bonds. The smallest absolute Gasteiger partial charge is 0.744 e. The van der Waals surface area contributed by atoms with Crippen LogP contribution in [-0.4, -0.2) is 42.3 Å². The molecule has 0 aliphatic heterocycles. The maximum atomic E-state index is 13.3. The molecule has 12 nitrogen and oxygen atoms in total. The molecule has 16 heteroatoms. The van der Waals surface area contributed by atoms with Crippen molar-refractivity contribution >= 4 is 59.9 Å². The Labute approximate surface area is 279 Å². The zero-order valence-electron chi connectivity index (χ0n) is 21.9. The zero-order chi connectivity index (χ0) is 28.1. The van der Waals surface area contributed by atoms with Crippen LogP contribution in [-0.2, 0) is 20.2 Å². The zero-order valence-corrected chi connectivity index (χ0v) is 27.6. The van der Waals surface area contributed by atoms with Crippen LogP contribution in [0.3, 0.4) is 0 Å². The molecular weight excluding hydrogens is 594 g/mol. The molecule has 3 aromatic carbocycles. The minimum Gasteiger partial charge on any atom is -0.744 e. The summed E-state index contributed by atoms with van der Waals surface area (Å²) < 4.78 is 73.3. The molecule has 0 radical (unpaired) electrons. The number of fused-ring (bicyclic) bond motifs is 1. The fraction of sp³-hybridized carbons (Fsp3) is 0.120. The first kappa shape index (κ1) is 33.3. The van der Waals surface area contributed by atoms with Crippen molar-refractivity contribution in [2.24, 2.45) is 0 Å². The average molecular weight is 615 g/mol. The van der Waals surface area contributed by atoms with Gasteiger partial charge in [-0.1, -0.05) is 24.3 Å². The van der Waals surface area contributed by atoms with E-state index in [0.717, 1.165) is 37.1 Å². The Bertz CT molecular complexity index is 1890. The fourth-order valence-electron chi connectivity index (χ4n) is 4.34. The van der Waals surface area contributed by atoms with Gasteiger partial charge >= 0.3 is 59.1 Å². The molecule has 41 heavy (non-hydrogen) atoms. The van der Waals surface area contributed by atoms with Crippen LogP contribution in [0.2, 0.25) is 0 Å². The molecule has 1 aliphatic rings. The van der Waals surface area contributed by atoms with E-state index in [1.54, 1.807) is 29.0 Å². The Morgan fingerprint density at radius 2 is 1.51 bits per heavy atom. The summed E-state index contributed by atoms with van der Waals surface area (Å²) in [5.41, 5.74) is 6.45. The van der Waals surface area contributed by atoms with Gasteiger partial charge < -0.3 is 30.0 Å². The SMILES string of the molecule is Nc1cccc(C(=O)Nc2cc(C(=O)Nc3ccc4c(S(=O)(=O)[O-])cccc4c3S(=O)(=O)[O-])n(C3CC3)c2)c1.[Na+].[Na+]. The van der Waals surface area contributed by atoms with Gasteiger partial charge in [0.05, 0.1) is 21.2 Å². The van der Waals surface area contributed by atoms with Gasteiger partial charge in [0.25, 0.3) is 11.8 Å². The number of nitrogens with one attached hydrogen (secondary N) is 2. The quantitative estimate of drug-likeness (QED) is 0.109. The maximum absolute atomic E-state index is 13.3. The van der Waals surface area contributed by atoms with Crippen molar-refractivity contribution in [2.45, 2.75) is 28.7 Å². The molecule has 1 aromatic heterocycles. The Morgan fingerprint density at radius 1 is 0.829 bits per heavy atom. The number of amides is 2. The number of anilines is 3. The summed E-state index contributed by atoms with van der Waals surface area (Å²) in [7, 11) is -10.2. The molecule has 0 saturated heterocycles. The molecule has 5 rings (SSSR count). The van der Waals surface area contributed by atoms with E-state index >= 15 is 0 Å². The van der Waals surface area contributed by atoms with Crippen LogP contribution < -0.4 is 75.5 Å². The molecule has 1 fully saturated rings. The summed E-state index contributed by atoms with van der Waals surface area (Å²) in [6, 6.07) is 13.2. The van der Waals surface area contributed by atoms with Crippen LogP contribution in [0.25, 0.3) is 10.8 Å². The molecule has 0 atom stereocenters. The molecule has 0 bridgehead atoms. The number of hydrogen-bond acceptors (Lipinski definition) is 9. The molecule has 1 heterocycles. The molecular formula is C25H20N4Na2O8S2. The molecule has 4 N–H and O–H groups in total. The van der Waals surface area contributed by atoms with Crippen molar-refractivity contribution in [1.82, 2.24) is 4.57 Å². The number of rotatable bonds is 7. The van der Waals surface area contributed by atoms with Gasteiger partial charge in [0, 0.05) is 34.3 Å². The van der Waals surface area contributed by atoms with Gasteiger partial charge in [-0.2, -0.15) is 0 Å². The average Bonchev–Trinajstić information content (AvgIpc) is 3.61. The molecule has 1 saturated carbocycles. The van der Waals surface area contributed by atoms with E-state index in [1.165, 1.54) is 18.2 Å². The van der Waals surface area contributed by atoms with Gasteiger partial charge in [0.15, 0.2) is 0 Å². The monoisotopic (exact) mass is 614 g/mol. The van der Waals surface area contributed by atoms with Gasteiger partial charge in [-0.05, 0) is 49.2 Å². The Kier molecular flexibility index (Phi) is 10.2. The number of benzene rings is 3. The molecule has 0 spiro atoms. The van der Waals surface area contributed by atoms with E-state index in [1.807, 2.05) is 0 Å². The van der Waals surface area contributed by atoms with Crippen molar-refractivity contribution in [3.63, 3.8) is 0 Å². The predicted octanol–water partition coefficient (Wildman–Crippen LogP) is -3.12. The van der Waals surface area contributed by atoms with Gasteiger partial charge in [-0.3, -0.25) is 9.59 Å². The van der Waals surface area contributed by atoms with Gasteiger partial charge in [-0.15, -0.1) is 0 Å². The number of nitrogen functional groups attached to an aromatic ring is 1. The third-order valence-electron chi connectivity index (χ3n) is 6.17. The first-order chi connectivity index (χ1) is 18.3. The fourth-order valence-corrected chi connectivity index (χ4v) is 5.87. The molecule has 202 valence electrons. The number of carbonyl (C=O) groups is 2. The van der Waals surface area contributed by atoms with Crippen molar-refractivity contribution in [1.29, 1.82) is 0 Å². The Morgan fingerprint density at radius 3 is 2.12 bits per heavy atom. The summed E-state index contributed by atoms with van der Waals surface area (Å²) in [5, 5.41) is 4.52. The first-order valence-electron chi connectivity index (χ1n) is 11.5. The third-order valence-corrected chi connectivity index (χ3v) is 8.00. The number of nitrogens with two attached hydrogens (primary N) is 1. The van der Waals surface area contributed by atoms with E-state index in [4.69, 9.17) is 5.73 Å². The molecule has 0 unspecified atom stereocenters. The predicted molar refractivity (Wildman–Crippen MR) is 139 cm³/mol. The summed E-state index contributed by atoms with van der Waals surface area (Å²) in [4.78, 5) is 24.4. The van der Waals surface area contributed by atoms with E-state index in [9.17, 15) is 35.5 Å². The summed E-state index contributed by atoms with van der Waals surface area (Å²) in [6.45, 7) is 0. The van der Waals surface area contributed by atoms with Crippen LogP contribution in [0, 0.1) is 0 Å². The third kappa shape index (κ3) is 7.22. The minimum absolute atomic E-state index is 0. The largest absolute Gasteiger partial charge is 1.00 e. The second-order valence-corrected chi connectivity index (χ2v) is 11.7. The van der Waals surface area contributed by atoms with Crippen LogP contribution in [0.1, 0.15) is 39.7 Å². The van der Waals surface area contributed by atoms with Crippen molar-refractivity contribution in [2.75, 3.05) is 16.4 Å². The number of hydrogen-bond donors (Lipinski definition) is 3. The standard InChI is InChI=1S/C25H22N4O8S2.2Na/c26-15-4-1-3-14(11-15)24(30)27-16-12-21(29(13-16)17-7-8-17)25(31)28-20-10-9-18-19(23(20)39(35,36)37)5-2-6-22(18)38(32,33)34;;/h1-6,9-13,17H,7-8,26H2,(H,27,30)(H,28,31)(H,32,33,34)(H,35,36,37);;/q;2*+1/p-2. The van der Waals surface area contributed by atoms with E-state index in [0.29, 0.717) is 16.9 Å². The minimum atomic E-state index is -5.24. The van der Waals surface area contributed by atoms with Gasteiger partial charge in [-0.25, -0.2) is 16.8 Å². The van der Waals surface area contributed by atoms with Crippen LogP contribution in [0.15, 0.2) is 76.7 Å². The summed E-state index contributed by atoms with van der Waals surface area (Å²) >= 11 is 0. The topological polar surface area (TPSA) is 204 Å². The van der Waals surface area contributed by atoms with E-state index in [2.05, 4.69) is 10.6 Å². The number of carbonyl (C=O) groups excluding carboxylic acids is 2. The summed E-state index contributed by atoms with van der Waals surface area (Å²) in [5.74, 6) is -1.23. The first-order valence-corrected chi connectivity index (χ1v) is 14.3.